The van der Waals surface area contributed by atoms with E-state index in [1.807, 2.05) is 25.1 Å². The van der Waals surface area contributed by atoms with Crippen LogP contribution in [-0.2, 0) is 39.8 Å². The van der Waals surface area contributed by atoms with Crippen LogP contribution in [0.5, 0.6) is 0 Å². The molecule has 1 aliphatic heterocycles. The monoisotopic (exact) mass is 362 g/mol. The number of hydrogen-bond donors (Lipinski definition) is 0. The van der Waals surface area contributed by atoms with E-state index < -0.39 is 15.6 Å². The molecule has 1 aliphatic rings. The van der Waals surface area contributed by atoms with Crippen LogP contribution in [0.1, 0.15) is 35.1 Å². The first-order valence-corrected chi connectivity index (χ1v) is 10.2. The Morgan fingerprint density at radius 1 is 1.28 bits per heavy atom. The molecule has 0 spiro atoms. The number of nitrogens with zero attached hydrogens (tertiary/aromatic N) is 2. The number of hydrogen-bond acceptors (Lipinski definition) is 5. The Kier molecular flexibility index (Phi) is 4.94. The molecule has 0 fully saturated rings. The molecule has 1 aromatic carbocycles. The number of aromatic nitrogens is 1. The van der Waals surface area contributed by atoms with Gasteiger partial charge in [0, 0.05) is 18.7 Å². The van der Waals surface area contributed by atoms with Crippen molar-refractivity contribution in [2.45, 2.75) is 39.0 Å². The smallest absolute Gasteiger partial charge is 0.238 e. The Balaban J connectivity index is 1.69. The lowest BCUT2D eigenvalue weighted by Gasteiger charge is -2.28. The maximum absolute atomic E-state index is 12.5. The first-order valence-electron chi connectivity index (χ1n) is 8.38. The number of benzene rings is 1. The molecule has 0 saturated carbocycles. The summed E-state index contributed by atoms with van der Waals surface area (Å²) in [6, 6.07) is 7.95. The molecule has 1 aromatic heterocycles. The van der Waals surface area contributed by atoms with Crippen LogP contribution in [0.3, 0.4) is 0 Å². The number of amides is 1. The van der Waals surface area contributed by atoms with E-state index in [1.54, 1.807) is 11.8 Å². The molecule has 0 bridgehead atoms. The van der Waals surface area contributed by atoms with E-state index in [9.17, 15) is 13.2 Å². The maximum Gasteiger partial charge on any atom is 0.238 e. The van der Waals surface area contributed by atoms with Gasteiger partial charge in [-0.1, -0.05) is 36.3 Å². The largest absolute Gasteiger partial charge is 0.361 e. The van der Waals surface area contributed by atoms with Gasteiger partial charge in [0.15, 0.2) is 9.84 Å². The normalized spacial score (nSPS) is 14.4. The molecule has 7 heteroatoms. The van der Waals surface area contributed by atoms with Gasteiger partial charge in [-0.25, -0.2) is 8.42 Å². The van der Waals surface area contributed by atoms with Gasteiger partial charge in [0.2, 0.25) is 5.91 Å². The quantitative estimate of drug-likeness (QED) is 0.813. The average molecular weight is 362 g/mol. The van der Waals surface area contributed by atoms with Crippen molar-refractivity contribution in [3.05, 3.63) is 52.4 Å². The standard InChI is InChI=1S/C18H22N2O4S/c1-3-17-16(13(2)24-19-17)11-25(22,23)12-18(21)20-9-8-14-6-4-5-7-15(14)10-20/h4-7H,3,8-12H2,1-2H3. The molecule has 134 valence electrons. The highest BCUT2D eigenvalue weighted by Gasteiger charge is 2.27. The zero-order valence-electron chi connectivity index (χ0n) is 14.5. The van der Waals surface area contributed by atoms with Crippen molar-refractivity contribution in [2.24, 2.45) is 0 Å². The Hall–Kier alpha value is -2.15. The minimum Gasteiger partial charge on any atom is -0.361 e. The second-order valence-corrected chi connectivity index (χ2v) is 8.45. The van der Waals surface area contributed by atoms with Crippen molar-refractivity contribution in [1.29, 1.82) is 0 Å². The number of carbonyl (C=O) groups is 1. The average Bonchev–Trinajstić information content (AvgIpc) is 2.93. The highest BCUT2D eigenvalue weighted by Crippen LogP contribution is 2.20. The van der Waals surface area contributed by atoms with Crippen LogP contribution in [0.25, 0.3) is 0 Å². The van der Waals surface area contributed by atoms with Gasteiger partial charge in [0.1, 0.15) is 11.5 Å². The molecule has 0 saturated heterocycles. The minimum absolute atomic E-state index is 0.207. The molecule has 2 aromatic rings. The van der Waals surface area contributed by atoms with Gasteiger partial charge in [-0.05, 0) is 30.9 Å². The lowest BCUT2D eigenvalue weighted by atomic mass is 10.00. The third-order valence-electron chi connectivity index (χ3n) is 4.59. The molecular weight excluding hydrogens is 340 g/mol. The van der Waals surface area contributed by atoms with E-state index in [2.05, 4.69) is 11.2 Å². The topological polar surface area (TPSA) is 80.5 Å². The van der Waals surface area contributed by atoms with Crippen molar-refractivity contribution >= 4 is 15.7 Å². The molecule has 1 amide bonds. The molecular formula is C18H22N2O4S. The number of aryl methyl sites for hydroxylation is 2. The van der Waals surface area contributed by atoms with Crippen LogP contribution in [0.2, 0.25) is 0 Å². The van der Waals surface area contributed by atoms with Gasteiger partial charge < -0.3 is 9.42 Å². The van der Waals surface area contributed by atoms with Gasteiger partial charge in [0.25, 0.3) is 0 Å². The lowest BCUT2D eigenvalue weighted by Crippen LogP contribution is -2.39. The SMILES string of the molecule is CCc1noc(C)c1CS(=O)(=O)CC(=O)N1CCc2ccccc2C1. The summed E-state index contributed by atoms with van der Waals surface area (Å²) in [6.45, 7) is 4.61. The fourth-order valence-electron chi connectivity index (χ4n) is 3.16. The van der Waals surface area contributed by atoms with E-state index in [0.717, 1.165) is 12.0 Å². The first-order chi connectivity index (χ1) is 11.9. The highest BCUT2D eigenvalue weighted by molar-refractivity contribution is 7.91. The van der Waals surface area contributed by atoms with E-state index >= 15 is 0 Å². The van der Waals surface area contributed by atoms with Gasteiger partial charge in [-0.3, -0.25) is 4.79 Å². The summed E-state index contributed by atoms with van der Waals surface area (Å²) in [5, 5.41) is 3.88. The molecule has 6 nitrogen and oxygen atoms in total. The molecule has 0 radical (unpaired) electrons. The third kappa shape index (κ3) is 3.92. The summed E-state index contributed by atoms with van der Waals surface area (Å²) in [4.78, 5) is 14.1. The summed E-state index contributed by atoms with van der Waals surface area (Å²) in [5.74, 6) is -0.536. The molecule has 0 unspecified atom stereocenters. The molecule has 0 N–H and O–H groups in total. The minimum atomic E-state index is -3.58. The Labute approximate surface area is 147 Å². The van der Waals surface area contributed by atoms with Crippen molar-refractivity contribution in [3.63, 3.8) is 0 Å². The lowest BCUT2D eigenvalue weighted by molar-refractivity contribution is -0.129. The first kappa shape index (κ1) is 17.7. The highest BCUT2D eigenvalue weighted by atomic mass is 32.2. The summed E-state index contributed by atoms with van der Waals surface area (Å²) in [5.41, 5.74) is 3.53. The fourth-order valence-corrected chi connectivity index (χ4v) is 4.63. The van der Waals surface area contributed by atoms with Crippen LogP contribution >= 0.6 is 0 Å². The third-order valence-corrected chi connectivity index (χ3v) is 6.01. The summed E-state index contributed by atoms with van der Waals surface area (Å²) >= 11 is 0. The fraction of sp³-hybridized carbons (Fsp3) is 0.444. The maximum atomic E-state index is 12.5. The van der Waals surface area contributed by atoms with Gasteiger partial charge in [-0.15, -0.1) is 0 Å². The van der Waals surface area contributed by atoms with E-state index in [1.165, 1.54) is 5.56 Å². The molecule has 0 atom stereocenters. The zero-order chi connectivity index (χ0) is 18.0. The summed E-state index contributed by atoms with van der Waals surface area (Å²) < 4.78 is 30.1. The van der Waals surface area contributed by atoms with E-state index in [4.69, 9.17) is 4.52 Å². The number of fused-ring (bicyclic) bond motifs is 1. The van der Waals surface area contributed by atoms with Crippen LogP contribution in [0.15, 0.2) is 28.8 Å². The van der Waals surface area contributed by atoms with Crippen LogP contribution in [-0.4, -0.2) is 36.7 Å². The van der Waals surface area contributed by atoms with Crippen LogP contribution in [0, 0.1) is 6.92 Å². The van der Waals surface area contributed by atoms with E-state index in [0.29, 0.717) is 36.5 Å². The van der Waals surface area contributed by atoms with Crippen molar-refractivity contribution in [3.8, 4) is 0 Å². The Morgan fingerprint density at radius 2 is 2.00 bits per heavy atom. The van der Waals surface area contributed by atoms with Crippen molar-refractivity contribution in [2.75, 3.05) is 12.3 Å². The predicted molar refractivity (Wildman–Crippen MR) is 93.7 cm³/mol. The van der Waals surface area contributed by atoms with E-state index in [-0.39, 0.29) is 11.7 Å². The predicted octanol–water partition coefficient (Wildman–Crippen LogP) is 2.05. The second kappa shape index (κ2) is 7.00. The van der Waals surface area contributed by atoms with Crippen molar-refractivity contribution in [1.82, 2.24) is 10.1 Å². The molecule has 25 heavy (non-hydrogen) atoms. The molecule has 0 aliphatic carbocycles. The zero-order valence-corrected chi connectivity index (χ0v) is 15.3. The number of carbonyl (C=O) groups excluding carboxylic acids is 1. The number of rotatable bonds is 5. The van der Waals surface area contributed by atoms with Crippen LogP contribution in [0.4, 0.5) is 0 Å². The Morgan fingerprint density at radius 3 is 2.72 bits per heavy atom. The summed E-state index contributed by atoms with van der Waals surface area (Å²) in [7, 11) is -3.58. The van der Waals surface area contributed by atoms with Crippen molar-refractivity contribution < 1.29 is 17.7 Å². The van der Waals surface area contributed by atoms with Gasteiger partial charge in [0.05, 0.1) is 11.4 Å². The molecule has 2 heterocycles. The van der Waals surface area contributed by atoms with Gasteiger partial charge in [-0.2, -0.15) is 0 Å². The summed E-state index contributed by atoms with van der Waals surface area (Å²) in [6.07, 6.45) is 1.35. The Bertz CT molecular complexity index is 886. The van der Waals surface area contributed by atoms with Crippen LogP contribution < -0.4 is 0 Å². The van der Waals surface area contributed by atoms with Gasteiger partial charge >= 0.3 is 0 Å². The number of sulfone groups is 1. The second-order valence-electron chi connectivity index (χ2n) is 6.38. The molecule has 3 rings (SSSR count).